The molecule has 1 aliphatic rings. The van der Waals surface area contributed by atoms with Crippen molar-refractivity contribution in [3.63, 3.8) is 0 Å². The Kier molecular flexibility index (Phi) is 8.23. The number of anilines is 3. The summed E-state index contributed by atoms with van der Waals surface area (Å²) in [5.74, 6) is 1.64. The van der Waals surface area contributed by atoms with Crippen LogP contribution in [0.1, 0.15) is 24.3 Å². The molecule has 0 spiro atoms. The first-order valence-corrected chi connectivity index (χ1v) is 15.3. The summed E-state index contributed by atoms with van der Waals surface area (Å²) in [6, 6.07) is 15.0. The Balaban J connectivity index is 1.43. The molecular weight excluding hydrogens is 558 g/mol. The van der Waals surface area contributed by atoms with Crippen LogP contribution in [0.3, 0.4) is 0 Å². The minimum Gasteiger partial charge on any atom is -0.497 e. The van der Waals surface area contributed by atoms with Crippen molar-refractivity contribution in [3.8, 4) is 22.8 Å². The summed E-state index contributed by atoms with van der Waals surface area (Å²) in [6.07, 6.45) is 4.72. The fourth-order valence-corrected chi connectivity index (χ4v) is 5.81. The first-order valence-electron chi connectivity index (χ1n) is 13.5. The van der Waals surface area contributed by atoms with Crippen molar-refractivity contribution in [1.29, 1.82) is 0 Å². The molecule has 0 saturated carbocycles. The zero-order chi connectivity index (χ0) is 30.0. The van der Waals surface area contributed by atoms with Crippen molar-refractivity contribution in [3.05, 3.63) is 60.3 Å². The van der Waals surface area contributed by atoms with E-state index in [0.29, 0.717) is 52.5 Å². The zero-order valence-corrected chi connectivity index (χ0v) is 24.9. The van der Waals surface area contributed by atoms with Gasteiger partial charge in [-0.25, -0.2) is 17.9 Å². The predicted octanol–water partition coefficient (Wildman–Crippen LogP) is 3.22. The highest BCUT2D eigenvalue weighted by Gasteiger charge is 2.23. The highest BCUT2D eigenvalue weighted by atomic mass is 32.2. The molecule has 12 nitrogen and oxygen atoms in total. The zero-order valence-electron chi connectivity index (χ0n) is 24.1. The number of hydrogen-bond donors (Lipinski definition) is 2. The van der Waals surface area contributed by atoms with E-state index in [2.05, 4.69) is 21.3 Å². The average molecular weight is 594 g/mol. The summed E-state index contributed by atoms with van der Waals surface area (Å²) >= 11 is 0. The molecule has 2 aromatic heterocycles. The Morgan fingerprint density at radius 1 is 1.10 bits per heavy atom. The number of nitrogens with one attached hydrogen (secondary N) is 1. The van der Waals surface area contributed by atoms with E-state index in [4.69, 9.17) is 20.3 Å². The molecule has 4 aromatic rings. The van der Waals surface area contributed by atoms with Crippen LogP contribution in [-0.2, 0) is 14.8 Å². The first kappa shape index (κ1) is 29.1. The van der Waals surface area contributed by atoms with E-state index in [1.54, 1.807) is 43.1 Å². The third-order valence-corrected chi connectivity index (χ3v) is 8.82. The predicted molar refractivity (Wildman–Crippen MR) is 162 cm³/mol. The van der Waals surface area contributed by atoms with Gasteiger partial charge in [-0.3, -0.25) is 14.0 Å². The van der Waals surface area contributed by atoms with Gasteiger partial charge < -0.3 is 20.5 Å². The van der Waals surface area contributed by atoms with Gasteiger partial charge >= 0.3 is 0 Å². The molecule has 3 N–H and O–H groups in total. The number of benzene rings is 2. The Morgan fingerprint density at radius 3 is 2.52 bits per heavy atom. The van der Waals surface area contributed by atoms with Crippen LogP contribution in [0.5, 0.6) is 11.5 Å². The molecule has 1 fully saturated rings. The molecule has 42 heavy (non-hydrogen) atoms. The van der Waals surface area contributed by atoms with Gasteiger partial charge in [0.05, 0.1) is 55.8 Å². The van der Waals surface area contributed by atoms with E-state index in [-0.39, 0.29) is 5.91 Å². The quantitative estimate of drug-likeness (QED) is 0.283. The molecule has 222 valence electrons. The van der Waals surface area contributed by atoms with Crippen molar-refractivity contribution >= 4 is 38.8 Å². The maximum atomic E-state index is 12.4. The molecule has 0 aliphatic carbocycles. The van der Waals surface area contributed by atoms with E-state index in [9.17, 15) is 13.2 Å². The van der Waals surface area contributed by atoms with Crippen molar-refractivity contribution < 1.29 is 22.7 Å². The summed E-state index contributed by atoms with van der Waals surface area (Å²) in [6.45, 7) is 1.93. The maximum Gasteiger partial charge on any atom is 0.245 e. The largest absolute Gasteiger partial charge is 0.497 e. The Labute approximate surface area is 245 Å². The minimum atomic E-state index is -3.52. The number of likely N-dealkylation sites (tertiary alicyclic amines) is 1. The number of piperidine rings is 1. The average Bonchev–Trinajstić information content (AvgIpc) is 3.39. The second-order valence-electron chi connectivity index (χ2n) is 10.4. The van der Waals surface area contributed by atoms with E-state index in [1.807, 2.05) is 24.3 Å². The third-order valence-electron chi connectivity index (χ3n) is 7.63. The SMILES string of the molecule is COc1ccc(N(C)S(C)(=O)=O)c(-c2ccc3cnc(Nc4ccc(C5CCN(CC(N)=O)CC5)cc4OC)nn23)c1. The van der Waals surface area contributed by atoms with Gasteiger partial charge in [0, 0.05) is 12.6 Å². The molecule has 5 rings (SSSR count). The lowest BCUT2D eigenvalue weighted by Gasteiger charge is -2.31. The number of sulfonamides is 1. The van der Waals surface area contributed by atoms with Crippen LogP contribution in [0.2, 0.25) is 0 Å². The van der Waals surface area contributed by atoms with Gasteiger partial charge in [-0.2, -0.15) is 0 Å². The van der Waals surface area contributed by atoms with Gasteiger partial charge in [-0.15, -0.1) is 5.10 Å². The number of amides is 1. The molecule has 1 saturated heterocycles. The summed E-state index contributed by atoms with van der Waals surface area (Å²) in [5, 5.41) is 8.00. The number of carbonyl (C=O) groups excluding carboxylic acids is 1. The highest BCUT2D eigenvalue weighted by Crippen LogP contribution is 2.37. The smallest absolute Gasteiger partial charge is 0.245 e. The minimum absolute atomic E-state index is 0.292. The monoisotopic (exact) mass is 593 g/mol. The fourth-order valence-electron chi connectivity index (χ4n) is 5.29. The second-order valence-corrected chi connectivity index (χ2v) is 12.4. The van der Waals surface area contributed by atoms with E-state index in [0.717, 1.165) is 37.7 Å². The summed E-state index contributed by atoms with van der Waals surface area (Å²) < 4.78 is 38.9. The number of methoxy groups -OCH3 is 2. The number of nitrogens with zero attached hydrogens (tertiary/aromatic N) is 5. The number of hydrogen-bond acceptors (Lipinski definition) is 9. The van der Waals surface area contributed by atoms with E-state index in [1.165, 1.54) is 16.9 Å². The van der Waals surface area contributed by atoms with Crippen LogP contribution < -0.4 is 24.8 Å². The summed E-state index contributed by atoms with van der Waals surface area (Å²) in [4.78, 5) is 17.8. The van der Waals surface area contributed by atoms with Crippen molar-refractivity contribution in [1.82, 2.24) is 19.5 Å². The fraction of sp³-hybridized carbons (Fsp3) is 0.345. The third kappa shape index (κ3) is 6.11. The van der Waals surface area contributed by atoms with Crippen LogP contribution >= 0.6 is 0 Å². The van der Waals surface area contributed by atoms with Gasteiger partial charge in [0.1, 0.15) is 11.5 Å². The summed E-state index contributed by atoms with van der Waals surface area (Å²) in [7, 11) is 1.18. The van der Waals surface area contributed by atoms with E-state index >= 15 is 0 Å². The Bertz CT molecular complexity index is 1710. The lowest BCUT2D eigenvalue weighted by Crippen LogP contribution is -2.39. The molecule has 0 atom stereocenters. The number of fused-ring (bicyclic) bond motifs is 1. The Morgan fingerprint density at radius 2 is 1.86 bits per heavy atom. The van der Waals surface area contributed by atoms with Crippen molar-refractivity contribution in [2.75, 3.05) is 56.8 Å². The molecule has 2 aromatic carbocycles. The number of aromatic nitrogens is 3. The number of rotatable bonds is 10. The first-order chi connectivity index (χ1) is 20.1. The number of nitrogens with two attached hydrogens (primary N) is 1. The molecule has 1 amide bonds. The topological polar surface area (TPSA) is 144 Å². The van der Waals surface area contributed by atoms with Crippen LogP contribution in [0, 0.1) is 0 Å². The standard InChI is InChI=1S/C29H35N7O5S/c1-34(42(4,38)39)25-10-7-22(40-2)16-23(25)26-9-6-21-17-31-29(33-36(21)26)32-24-8-5-20(15-27(24)41-3)19-11-13-35(14-12-19)18-28(30)37/h5-10,15-17,19H,11-14,18H2,1-4H3,(H2,30,37)(H,32,33). The van der Waals surface area contributed by atoms with Crippen LogP contribution in [0.15, 0.2) is 54.7 Å². The highest BCUT2D eigenvalue weighted by molar-refractivity contribution is 7.92. The molecule has 0 radical (unpaired) electrons. The van der Waals surface area contributed by atoms with Crippen molar-refractivity contribution in [2.45, 2.75) is 18.8 Å². The van der Waals surface area contributed by atoms with Gasteiger partial charge in [0.25, 0.3) is 0 Å². The second kappa shape index (κ2) is 11.9. The van der Waals surface area contributed by atoms with Crippen molar-refractivity contribution in [2.24, 2.45) is 5.73 Å². The molecule has 1 aliphatic heterocycles. The Hall–Kier alpha value is -4.36. The number of primary amides is 1. The van der Waals surface area contributed by atoms with Crippen LogP contribution in [0.4, 0.5) is 17.3 Å². The number of ether oxygens (including phenoxy) is 2. The lowest BCUT2D eigenvalue weighted by atomic mass is 9.89. The molecule has 0 bridgehead atoms. The molecule has 3 heterocycles. The molecule has 13 heteroatoms. The van der Waals surface area contributed by atoms with Crippen LogP contribution in [0.25, 0.3) is 16.8 Å². The van der Waals surface area contributed by atoms with E-state index < -0.39 is 10.0 Å². The normalized spacial score (nSPS) is 14.6. The lowest BCUT2D eigenvalue weighted by molar-refractivity contribution is -0.119. The van der Waals surface area contributed by atoms with Gasteiger partial charge in [0.2, 0.25) is 21.9 Å². The van der Waals surface area contributed by atoms with Gasteiger partial charge in [0.15, 0.2) is 0 Å². The van der Waals surface area contributed by atoms with Crippen LogP contribution in [-0.4, -0.2) is 81.0 Å². The molecule has 0 unspecified atom stereocenters. The summed E-state index contributed by atoms with van der Waals surface area (Å²) in [5.41, 5.74) is 9.75. The number of carbonyl (C=O) groups is 1. The van der Waals surface area contributed by atoms with Gasteiger partial charge in [-0.1, -0.05) is 6.07 Å². The molecular formula is C29H35N7O5S. The van der Waals surface area contributed by atoms with Gasteiger partial charge in [-0.05, 0) is 79.9 Å². The maximum absolute atomic E-state index is 12.4.